The van der Waals surface area contributed by atoms with Crippen molar-refractivity contribution in [3.05, 3.63) is 0 Å². The quantitative estimate of drug-likeness (QED) is 0.499. The summed E-state index contributed by atoms with van der Waals surface area (Å²) < 4.78 is 29.4. The molecule has 1 radical (unpaired) electrons. The van der Waals surface area contributed by atoms with E-state index in [1.807, 2.05) is 0 Å². The molecule has 0 rings (SSSR count). The molecule has 0 spiro atoms. The molecule has 5 heavy (non-hydrogen) atoms. The van der Waals surface area contributed by atoms with E-state index in [0.29, 0.717) is 0 Å². The van der Waals surface area contributed by atoms with Crippen LogP contribution in [0.25, 0.3) is 0 Å². The summed E-state index contributed by atoms with van der Waals surface area (Å²) in [4.78, 5) is 0. The molecule has 0 saturated heterocycles. The zero-order valence-electron chi connectivity index (χ0n) is 2.01. The standard InChI is InChI=1S/Ag.Al.3FH/h;;3*1H/q;+3;;;/p-3. The van der Waals surface area contributed by atoms with Crippen molar-refractivity contribution >= 4 is 15.5 Å². The molecule has 0 aromatic rings. The smallest absolute Gasteiger partial charge is 0.346 e. The van der Waals surface area contributed by atoms with Crippen molar-refractivity contribution in [2.45, 2.75) is 0 Å². The van der Waals surface area contributed by atoms with Gasteiger partial charge in [0.2, 0.25) is 0 Å². The summed E-state index contributed by atoms with van der Waals surface area (Å²) in [5, 5.41) is 0. The summed E-state index contributed by atoms with van der Waals surface area (Å²) in [5.41, 5.74) is 0. The van der Waals surface area contributed by atoms with Gasteiger partial charge in [0.1, 0.15) is 0 Å². The zero-order valence-corrected chi connectivity index (χ0v) is 4.65. The van der Waals surface area contributed by atoms with E-state index < -0.39 is 15.5 Å². The van der Waals surface area contributed by atoms with Crippen LogP contribution in [0.1, 0.15) is 0 Å². The molecule has 0 fully saturated rings. The van der Waals surface area contributed by atoms with Crippen LogP contribution in [0.4, 0.5) is 10.6 Å². The molecule has 0 unspecified atom stereocenters. The molecule has 5 heteroatoms. The van der Waals surface area contributed by atoms with Crippen LogP contribution < -0.4 is 0 Å². The van der Waals surface area contributed by atoms with Gasteiger partial charge in [-0.05, 0) is 0 Å². The van der Waals surface area contributed by atoms with Gasteiger partial charge in [-0.25, -0.2) is 0 Å². The second kappa shape index (κ2) is 5.06. The Morgan fingerprint density at radius 1 is 1.00 bits per heavy atom. The van der Waals surface area contributed by atoms with E-state index in [1.54, 1.807) is 0 Å². The van der Waals surface area contributed by atoms with Crippen molar-refractivity contribution in [3.8, 4) is 0 Å². The normalized spacial score (nSPS) is 5.40. The maximum absolute atomic E-state index is 9.81. The van der Waals surface area contributed by atoms with Gasteiger partial charge >= 0.3 is 15.5 Å². The number of halogens is 3. The summed E-state index contributed by atoms with van der Waals surface area (Å²) in [6.07, 6.45) is 0. The Bertz CT molecular complexity index is 11.6. The van der Waals surface area contributed by atoms with Gasteiger partial charge < -0.3 is 10.6 Å². The molecule has 0 heterocycles. The van der Waals surface area contributed by atoms with Crippen LogP contribution >= 0.6 is 0 Å². The molecule has 0 atom stereocenters. The van der Waals surface area contributed by atoms with Gasteiger partial charge in [-0.1, -0.05) is 0 Å². The Morgan fingerprint density at radius 2 is 1.00 bits per heavy atom. The van der Waals surface area contributed by atoms with Crippen molar-refractivity contribution in [2.75, 3.05) is 0 Å². The van der Waals surface area contributed by atoms with E-state index in [-0.39, 0.29) is 22.4 Å². The van der Waals surface area contributed by atoms with Gasteiger partial charge in [0.25, 0.3) is 0 Å². The summed E-state index contributed by atoms with van der Waals surface area (Å²) in [5.74, 6) is 0. The third-order valence-corrected chi connectivity index (χ3v) is 0. The summed E-state index contributed by atoms with van der Waals surface area (Å²) in [6, 6.07) is 0. The Balaban J connectivity index is 0. The van der Waals surface area contributed by atoms with Crippen molar-refractivity contribution < 1.29 is 33.0 Å². The molecule has 0 aliphatic heterocycles. The van der Waals surface area contributed by atoms with E-state index in [0.717, 1.165) is 0 Å². The predicted molar refractivity (Wildman–Crippen MR) is 9.08 cm³/mol. The van der Waals surface area contributed by atoms with Gasteiger partial charge in [0.05, 0.1) is 0 Å². The maximum Gasteiger partial charge on any atom is 1.04 e. The van der Waals surface area contributed by atoms with Crippen LogP contribution in [0, 0.1) is 0 Å². The Labute approximate surface area is 48.7 Å². The molecule has 0 amide bonds. The predicted octanol–water partition coefficient (Wildman–Crippen LogP) is 0.877. The molecule has 0 N–H and O–H groups in total. The molecule has 35 valence electrons. The maximum atomic E-state index is 9.81. The number of rotatable bonds is 0. The van der Waals surface area contributed by atoms with Crippen molar-refractivity contribution in [1.82, 2.24) is 0 Å². The Kier molecular flexibility index (Phi) is 9.53. The first-order chi connectivity index (χ1) is 1.73. The second-order valence-corrected chi connectivity index (χ2v) is 0.742. The zero-order chi connectivity index (χ0) is 3.58. The second-order valence-electron chi connectivity index (χ2n) is 0.247. The SMILES string of the molecule is [Ag].[F][Al]([F])[F]. The molecule has 0 aromatic carbocycles. The first kappa shape index (κ1) is 9.41. The van der Waals surface area contributed by atoms with E-state index in [2.05, 4.69) is 0 Å². The van der Waals surface area contributed by atoms with Crippen LogP contribution in [0.15, 0.2) is 0 Å². The van der Waals surface area contributed by atoms with Crippen molar-refractivity contribution in [1.29, 1.82) is 0 Å². The molecule has 0 nitrogen and oxygen atoms in total. The minimum atomic E-state index is -4.64. The summed E-state index contributed by atoms with van der Waals surface area (Å²) in [6.45, 7) is 0. The van der Waals surface area contributed by atoms with Gasteiger partial charge in [0, 0.05) is 22.4 Å². The third kappa shape index (κ3) is 42.0. The van der Waals surface area contributed by atoms with Crippen LogP contribution in [0.2, 0.25) is 0 Å². The minimum Gasteiger partial charge on any atom is -0.346 e. The average Bonchev–Trinajstić information content (AvgIpc) is 0.811. The molecule has 0 bridgehead atoms. The fourth-order valence-electron chi connectivity index (χ4n) is 0. The topological polar surface area (TPSA) is 0 Å². The fraction of sp³-hybridized carbons (Fsp3) is 0. The van der Waals surface area contributed by atoms with E-state index in [4.69, 9.17) is 0 Å². The number of hydrogen-bond donors (Lipinski definition) is 0. The molecule has 0 aliphatic rings. The van der Waals surface area contributed by atoms with Crippen LogP contribution in [-0.4, -0.2) is 15.5 Å². The largest absolute Gasteiger partial charge is 1.04 e. The van der Waals surface area contributed by atoms with Crippen LogP contribution in [-0.2, 0) is 22.4 Å². The first-order valence-electron chi connectivity index (χ1n) is 0.655. The van der Waals surface area contributed by atoms with Crippen molar-refractivity contribution in [3.63, 3.8) is 0 Å². The van der Waals surface area contributed by atoms with Crippen LogP contribution in [0.5, 0.6) is 0 Å². The summed E-state index contributed by atoms with van der Waals surface area (Å²) in [7, 11) is 0. The van der Waals surface area contributed by atoms with Gasteiger partial charge in [-0.3, -0.25) is 0 Å². The monoisotopic (exact) mass is 191 g/mol. The van der Waals surface area contributed by atoms with E-state index in [1.165, 1.54) is 0 Å². The third-order valence-electron chi connectivity index (χ3n) is 0. The van der Waals surface area contributed by atoms with Gasteiger partial charge in [-0.15, -0.1) is 0 Å². The average molecular weight is 192 g/mol. The number of hydrogen-bond acceptors (Lipinski definition) is 0. The Hall–Kier alpha value is 1.06. The van der Waals surface area contributed by atoms with Crippen LogP contribution in [0.3, 0.4) is 0 Å². The molecular formula is AgAlF3. The first-order valence-corrected chi connectivity index (χ1v) is 1.96. The Morgan fingerprint density at radius 3 is 1.00 bits per heavy atom. The van der Waals surface area contributed by atoms with Crippen molar-refractivity contribution in [2.24, 2.45) is 0 Å². The molecular weight excluding hydrogens is 192 g/mol. The van der Waals surface area contributed by atoms with Gasteiger partial charge in [0.15, 0.2) is 0 Å². The van der Waals surface area contributed by atoms with E-state index in [9.17, 15) is 10.6 Å². The molecule has 0 aromatic heterocycles. The molecule has 0 saturated carbocycles. The molecule has 0 aliphatic carbocycles. The summed E-state index contributed by atoms with van der Waals surface area (Å²) >= 11 is -4.64. The minimum absolute atomic E-state index is 0. The van der Waals surface area contributed by atoms with E-state index >= 15 is 0 Å². The fourth-order valence-corrected chi connectivity index (χ4v) is 0. The van der Waals surface area contributed by atoms with Gasteiger partial charge in [-0.2, -0.15) is 0 Å².